The number of hydrogen-bond donors (Lipinski definition) is 1. The summed E-state index contributed by atoms with van der Waals surface area (Å²) in [6, 6.07) is -0.225. The predicted molar refractivity (Wildman–Crippen MR) is 64.5 cm³/mol. The number of nitrogens with zero attached hydrogens (tertiary/aromatic N) is 1. The number of amides is 1. The molecular weight excluding hydrogens is 226 g/mol. The highest BCUT2D eigenvalue weighted by Crippen LogP contribution is 2.24. The van der Waals surface area contributed by atoms with Gasteiger partial charge in [0.25, 0.3) is 0 Å². The lowest BCUT2D eigenvalue weighted by Gasteiger charge is -2.29. The minimum atomic E-state index is -0.856. The van der Waals surface area contributed by atoms with E-state index in [4.69, 9.17) is 5.11 Å². The van der Waals surface area contributed by atoms with Crippen LogP contribution >= 0.6 is 11.8 Å². The van der Waals surface area contributed by atoms with Crippen LogP contribution in [-0.4, -0.2) is 46.5 Å². The van der Waals surface area contributed by atoms with E-state index in [0.717, 1.165) is 24.3 Å². The molecule has 0 bridgehead atoms. The third-order valence-electron chi connectivity index (χ3n) is 2.99. The van der Waals surface area contributed by atoms with Crippen LogP contribution in [0.3, 0.4) is 0 Å². The Balaban J connectivity index is 2.48. The lowest BCUT2D eigenvalue weighted by Crippen LogP contribution is -2.41. The van der Waals surface area contributed by atoms with Gasteiger partial charge in [-0.3, -0.25) is 9.59 Å². The van der Waals surface area contributed by atoms with Crippen LogP contribution in [0.1, 0.15) is 26.2 Å². The maximum absolute atomic E-state index is 12.0. The molecule has 1 rings (SSSR count). The molecule has 2 atom stereocenters. The number of rotatable bonds is 4. The van der Waals surface area contributed by atoms with Gasteiger partial charge in [-0.1, -0.05) is 0 Å². The van der Waals surface area contributed by atoms with Gasteiger partial charge >= 0.3 is 5.97 Å². The highest BCUT2D eigenvalue weighted by Gasteiger charge is 2.27. The Kier molecular flexibility index (Phi) is 5.12. The number of carboxylic acid groups (broad SMARTS) is 1. The third-order valence-corrected chi connectivity index (χ3v) is 4.20. The zero-order valence-corrected chi connectivity index (χ0v) is 10.6. The summed E-state index contributed by atoms with van der Waals surface area (Å²) in [5.41, 5.74) is 0. The Labute approximate surface area is 100 Å². The molecule has 0 radical (unpaired) electrons. The Morgan fingerprint density at radius 2 is 2.25 bits per heavy atom. The van der Waals surface area contributed by atoms with Crippen LogP contribution in [0.5, 0.6) is 0 Å². The molecule has 4 nitrogen and oxygen atoms in total. The molecule has 0 saturated carbocycles. The van der Waals surface area contributed by atoms with Crippen molar-refractivity contribution in [1.82, 2.24) is 4.90 Å². The van der Waals surface area contributed by atoms with Gasteiger partial charge in [-0.15, -0.1) is 0 Å². The molecule has 1 aliphatic heterocycles. The van der Waals surface area contributed by atoms with E-state index in [9.17, 15) is 9.59 Å². The van der Waals surface area contributed by atoms with Crippen molar-refractivity contribution in [2.45, 2.75) is 32.2 Å². The number of aliphatic carboxylic acids is 1. The van der Waals surface area contributed by atoms with Crippen molar-refractivity contribution >= 4 is 23.6 Å². The maximum atomic E-state index is 12.0. The molecule has 1 fully saturated rings. The van der Waals surface area contributed by atoms with Crippen molar-refractivity contribution in [2.75, 3.05) is 18.6 Å². The second-order valence-electron chi connectivity index (χ2n) is 4.31. The highest BCUT2D eigenvalue weighted by molar-refractivity contribution is 7.99. The van der Waals surface area contributed by atoms with Gasteiger partial charge in [-0.25, -0.2) is 0 Å². The highest BCUT2D eigenvalue weighted by atomic mass is 32.2. The second-order valence-corrected chi connectivity index (χ2v) is 5.46. The van der Waals surface area contributed by atoms with Gasteiger partial charge in [0.05, 0.1) is 6.42 Å². The standard InChI is InChI=1S/C11H19NO3S/c1-8(6-10(13)14)12(2)11(15)9-4-3-5-16-7-9/h8-9H,3-7H2,1-2H3,(H,13,14). The minimum Gasteiger partial charge on any atom is -0.481 e. The molecule has 0 spiro atoms. The molecule has 1 amide bonds. The first-order chi connectivity index (χ1) is 7.52. The van der Waals surface area contributed by atoms with Crippen LogP contribution in [0, 0.1) is 5.92 Å². The molecule has 1 aliphatic rings. The molecule has 0 aromatic heterocycles. The van der Waals surface area contributed by atoms with Crippen molar-refractivity contribution in [2.24, 2.45) is 5.92 Å². The average molecular weight is 245 g/mol. The lowest BCUT2D eigenvalue weighted by atomic mass is 10.0. The van der Waals surface area contributed by atoms with Gasteiger partial charge in [-0.05, 0) is 25.5 Å². The van der Waals surface area contributed by atoms with Gasteiger partial charge in [0.2, 0.25) is 5.91 Å². The zero-order chi connectivity index (χ0) is 12.1. The smallest absolute Gasteiger partial charge is 0.305 e. The van der Waals surface area contributed by atoms with Gasteiger partial charge in [-0.2, -0.15) is 11.8 Å². The quantitative estimate of drug-likeness (QED) is 0.814. The molecule has 0 aromatic rings. The summed E-state index contributed by atoms with van der Waals surface area (Å²) >= 11 is 1.81. The maximum Gasteiger partial charge on any atom is 0.305 e. The molecule has 1 heterocycles. The fourth-order valence-electron chi connectivity index (χ4n) is 1.83. The molecule has 16 heavy (non-hydrogen) atoms. The van der Waals surface area contributed by atoms with Gasteiger partial charge in [0.1, 0.15) is 0 Å². The Hall–Kier alpha value is -0.710. The average Bonchev–Trinajstić information content (AvgIpc) is 2.27. The number of carbonyl (C=O) groups excluding carboxylic acids is 1. The van der Waals surface area contributed by atoms with Crippen LogP contribution in [0.15, 0.2) is 0 Å². The van der Waals surface area contributed by atoms with Gasteiger partial charge in [0.15, 0.2) is 0 Å². The molecule has 2 unspecified atom stereocenters. The molecule has 1 N–H and O–H groups in total. The Bertz CT molecular complexity index is 264. The van der Waals surface area contributed by atoms with E-state index in [1.165, 1.54) is 0 Å². The van der Waals surface area contributed by atoms with Crippen LogP contribution < -0.4 is 0 Å². The van der Waals surface area contributed by atoms with Crippen molar-refractivity contribution < 1.29 is 14.7 Å². The third kappa shape index (κ3) is 3.70. The van der Waals surface area contributed by atoms with E-state index in [1.54, 1.807) is 18.9 Å². The van der Waals surface area contributed by atoms with Crippen molar-refractivity contribution in [1.29, 1.82) is 0 Å². The summed E-state index contributed by atoms with van der Waals surface area (Å²) < 4.78 is 0. The predicted octanol–water partition coefficient (Wildman–Crippen LogP) is 1.45. The first-order valence-electron chi connectivity index (χ1n) is 5.58. The van der Waals surface area contributed by atoms with E-state index in [1.807, 2.05) is 11.8 Å². The van der Waals surface area contributed by atoms with E-state index < -0.39 is 5.97 Å². The summed E-state index contributed by atoms with van der Waals surface area (Å²) in [6.45, 7) is 1.78. The summed E-state index contributed by atoms with van der Waals surface area (Å²) in [5.74, 6) is 1.34. The van der Waals surface area contributed by atoms with E-state index in [0.29, 0.717) is 0 Å². The molecular formula is C11H19NO3S. The first kappa shape index (κ1) is 13.4. The summed E-state index contributed by atoms with van der Waals surface area (Å²) in [5, 5.41) is 8.68. The minimum absolute atomic E-state index is 0.0160. The van der Waals surface area contributed by atoms with E-state index >= 15 is 0 Å². The number of carboxylic acids is 1. The van der Waals surface area contributed by atoms with Crippen LogP contribution in [0.2, 0.25) is 0 Å². The van der Waals surface area contributed by atoms with E-state index in [2.05, 4.69) is 0 Å². The molecule has 0 aromatic carbocycles. The molecule has 5 heteroatoms. The second kappa shape index (κ2) is 6.13. The van der Waals surface area contributed by atoms with Crippen molar-refractivity contribution in [3.05, 3.63) is 0 Å². The zero-order valence-electron chi connectivity index (χ0n) is 9.81. The normalized spacial score (nSPS) is 22.5. The van der Waals surface area contributed by atoms with Gasteiger partial charge in [0, 0.05) is 24.8 Å². The summed E-state index contributed by atoms with van der Waals surface area (Å²) in [6.07, 6.45) is 2.04. The molecule has 92 valence electrons. The monoisotopic (exact) mass is 245 g/mol. The number of hydrogen-bond acceptors (Lipinski definition) is 3. The number of carbonyl (C=O) groups is 2. The van der Waals surface area contributed by atoms with Crippen LogP contribution in [0.25, 0.3) is 0 Å². The van der Waals surface area contributed by atoms with Crippen molar-refractivity contribution in [3.63, 3.8) is 0 Å². The Morgan fingerprint density at radius 1 is 1.56 bits per heavy atom. The fourth-order valence-corrected chi connectivity index (χ4v) is 2.96. The first-order valence-corrected chi connectivity index (χ1v) is 6.74. The number of thioether (sulfide) groups is 1. The molecule has 1 saturated heterocycles. The van der Waals surface area contributed by atoms with Crippen LogP contribution in [0.4, 0.5) is 0 Å². The Morgan fingerprint density at radius 3 is 2.75 bits per heavy atom. The molecule has 0 aliphatic carbocycles. The van der Waals surface area contributed by atoms with Gasteiger partial charge < -0.3 is 10.0 Å². The van der Waals surface area contributed by atoms with E-state index in [-0.39, 0.29) is 24.3 Å². The lowest BCUT2D eigenvalue weighted by molar-refractivity contribution is -0.141. The summed E-state index contributed by atoms with van der Waals surface area (Å²) in [7, 11) is 1.70. The SMILES string of the molecule is CC(CC(=O)O)N(C)C(=O)C1CCCSC1. The summed E-state index contributed by atoms with van der Waals surface area (Å²) in [4.78, 5) is 24.2. The largest absolute Gasteiger partial charge is 0.481 e. The van der Waals surface area contributed by atoms with Crippen LogP contribution in [-0.2, 0) is 9.59 Å². The van der Waals surface area contributed by atoms with Crippen molar-refractivity contribution in [3.8, 4) is 0 Å². The fraction of sp³-hybridized carbons (Fsp3) is 0.818. The topological polar surface area (TPSA) is 57.6 Å².